The first-order chi connectivity index (χ1) is 6.95. The monoisotopic (exact) mass is 202 g/mol. The van der Waals surface area contributed by atoms with Gasteiger partial charge >= 0.3 is 88.0 Å². The molecule has 4 heteroatoms. The van der Waals surface area contributed by atoms with Crippen molar-refractivity contribution >= 4 is 24.3 Å². The van der Waals surface area contributed by atoms with Crippen LogP contribution in [0, 0.1) is 0 Å². The Balaban J connectivity index is 3.56. The van der Waals surface area contributed by atoms with Gasteiger partial charge in [0.2, 0.25) is 0 Å². The third-order valence-corrected chi connectivity index (χ3v) is 2.18. The zero-order valence-corrected chi connectivity index (χ0v) is 8.96. The van der Waals surface area contributed by atoms with E-state index in [9.17, 15) is 14.4 Å². The number of hydrogen-bond donors (Lipinski definition) is 0. The molecule has 0 N–H and O–H groups in total. The fourth-order valence-corrected chi connectivity index (χ4v) is 1.52. The van der Waals surface area contributed by atoms with Crippen LogP contribution in [0.4, 0.5) is 0 Å². The summed E-state index contributed by atoms with van der Waals surface area (Å²) >= 11 is 0. The number of carbonyl (C=O) groups excluding carboxylic acids is 3. The molecule has 0 bridgehead atoms. The van der Waals surface area contributed by atoms with Crippen molar-refractivity contribution in [3.05, 3.63) is 28.6 Å². The van der Waals surface area contributed by atoms with E-state index in [1.54, 1.807) is 18.9 Å². The summed E-state index contributed by atoms with van der Waals surface area (Å²) in [6.45, 7) is 5.68. The van der Waals surface area contributed by atoms with Gasteiger partial charge in [-0.3, -0.25) is 0 Å². The SMILES string of the molecule is CC(=O)c1bccc(C(C)=O)c1C(C)=O. The molecule has 0 saturated carbocycles. The molecule has 0 unspecified atom stereocenters. The molecule has 0 radical (unpaired) electrons. The molecule has 0 aliphatic heterocycles. The van der Waals surface area contributed by atoms with E-state index in [1.807, 2.05) is 0 Å². The van der Waals surface area contributed by atoms with Crippen molar-refractivity contribution < 1.29 is 14.4 Å². The van der Waals surface area contributed by atoms with Gasteiger partial charge in [0.05, 0.1) is 0 Å². The van der Waals surface area contributed by atoms with Gasteiger partial charge in [-0.15, -0.1) is 0 Å². The molecule has 0 atom stereocenters. The average Bonchev–Trinajstić information content (AvgIpc) is 2.16. The molecule has 3 nitrogen and oxygen atoms in total. The molecule has 0 spiro atoms. The summed E-state index contributed by atoms with van der Waals surface area (Å²) in [4.78, 5) is 34.0. The molecule has 0 fully saturated rings. The van der Waals surface area contributed by atoms with Gasteiger partial charge in [0.1, 0.15) is 0 Å². The Morgan fingerprint density at radius 3 is 2.00 bits per heavy atom. The summed E-state index contributed by atoms with van der Waals surface area (Å²) in [5.41, 5.74) is 0.864. The van der Waals surface area contributed by atoms with Gasteiger partial charge in [-0.05, 0) is 0 Å². The van der Waals surface area contributed by atoms with Gasteiger partial charge in [-0.25, -0.2) is 0 Å². The maximum absolute atomic E-state index is 11.4. The number of carbonyl (C=O) groups is 3. The van der Waals surface area contributed by atoms with Crippen LogP contribution >= 0.6 is 0 Å². The number of rotatable bonds is 3. The van der Waals surface area contributed by atoms with Gasteiger partial charge in [0, 0.05) is 0 Å². The second-order valence-electron chi connectivity index (χ2n) is 3.40. The fraction of sp³-hybridized carbons (Fsp3) is 0.273. The van der Waals surface area contributed by atoms with E-state index in [0.717, 1.165) is 0 Å². The summed E-state index contributed by atoms with van der Waals surface area (Å²) in [6.07, 6.45) is 0. The van der Waals surface area contributed by atoms with Crippen molar-refractivity contribution in [1.82, 2.24) is 0 Å². The van der Waals surface area contributed by atoms with Crippen LogP contribution in [0.1, 0.15) is 51.7 Å². The first kappa shape index (κ1) is 11.5. The van der Waals surface area contributed by atoms with Crippen molar-refractivity contribution in [2.75, 3.05) is 0 Å². The van der Waals surface area contributed by atoms with Crippen LogP contribution in [-0.4, -0.2) is 24.3 Å². The second kappa shape index (κ2) is 4.30. The molecule has 0 aliphatic rings. The number of Topliss-reactive ketones (excluding diaryl/α,β-unsaturated/α-hetero) is 3. The van der Waals surface area contributed by atoms with E-state index in [4.69, 9.17) is 0 Å². The van der Waals surface area contributed by atoms with Crippen LogP contribution in [-0.2, 0) is 0 Å². The second-order valence-corrected chi connectivity index (χ2v) is 3.40. The summed E-state index contributed by atoms with van der Waals surface area (Å²) in [6, 6.07) is 1.56. The Morgan fingerprint density at radius 1 is 1.00 bits per heavy atom. The molecule has 76 valence electrons. The maximum atomic E-state index is 11.4. The van der Waals surface area contributed by atoms with Crippen LogP contribution in [0.25, 0.3) is 0 Å². The van der Waals surface area contributed by atoms with E-state index in [1.165, 1.54) is 20.8 Å². The van der Waals surface area contributed by atoms with Gasteiger partial charge in [-0.2, -0.15) is 0 Å². The first-order valence-electron chi connectivity index (χ1n) is 4.61. The van der Waals surface area contributed by atoms with Crippen LogP contribution in [0.3, 0.4) is 0 Å². The quantitative estimate of drug-likeness (QED) is 0.700. The van der Waals surface area contributed by atoms with Crippen molar-refractivity contribution in [1.29, 1.82) is 0 Å². The number of ketones is 3. The molecule has 15 heavy (non-hydrogen) atoms. The standard InChI is InChI=1S/C11H11BO3/c1-6(13)9-4-5-12-11(8(3)15)10(9)7(2)14/h4-5H,1-3H3. The summed E-state index contributed by atoms with van der Waals surface area (Å²) in [7, 11) is 0. The topological polar surface area (TPSA) is 51.2 Å². The normalized spacial score (nSPS) is 9.53. The molecule has 0 aliphatic carbocycles. The van der Waals surface area contributed by atoms with Gasteiger partial charge in [0.25, 0.3) is 0 Å². The van der Waals surface area contributed by atoms with E-state index in [2.05, 4.69) is 0 Å². The summed E-state index contributed by atoms with van der Waals surface area (Å²) in [5, 5.41) is 0. The van der Waals surface area contributed by atoms with Crippen LogP contribution < -0.4 is 0 Å². The van der Waals surface area contributed by atoms with Crippen LogP contribution in [0.5, 0.6) is 0 Å². The third kappa shape index (κ3) is 2.26. The van der Waals surface area contributed by atoms with Crippen molar-refractivity contribution in [3.63, 3.8) is 0 Å². The Morgan fingerprint density at radius 2 is 1.60 bits per heavy atom. The van der Waals surface area contributed by atoms with Crippen molar-refractivity contribution in [2.24, 2.45) is 0 Å². The molecule has 1 aromatic heterocycles. The van der Waals surface area contributed by atoms with Gasteiger partial charge < -0.3 is 0 Å². The molecule has 1 aromatic rings. The van der Waals surface area contributed by atoms with E-state index in [-0.39, 0.29) is 22.9 Å². The number of hydrogen-bond acceptors (Lipinski definition) is 3. The average molecular weight is 202 g/mol. The van der Waals surface area contributed by atoms with Crippen molar-refractivity contribution in [2.45, 2.75) is 20.8 Å². The predicted octanol–water partition coefficient (Wildman–Crippen LogP) is 1.63. The summed E-state index contributed by atoms with van der Waals surface area (Å²) in [5.74, 6) is 0.942. The van der Waals surface area contributed by atoms with Gasteiger partial charge in [-0.1, -0.05) is 0 Å². The zero-order chi connectivity index (χ0) is 11.6. The van der Waals surface area contributed by atoms with E-state index < -0.39 is 0 Å². The summed E-state index contributed by atoms with van der Waals surface area (Å²) < 4.78 is 0. The minimum absolute atomic E-state index is 0.205. The molecular formula is C11H11BO3. The predicted molar refractivity (Wildman–Crippen MR) is 57.8 cm³/mol. The van der Waals surface area contributed by atoms with Crippen LogP contribution in [0.15, 0.2) is 12.0 Å². The minimum atomic E-state index is -0.258. The first-order valence-corrected chi connectivity index (χ1v) is 4.61. The molecule has 1 heterocycles. The Labute approximate surface area is 88.7 Å². The Bertz CT molecular complexity index is 417. The molecule has 0 saturated heterocycles. The van der Waals surface area contributed by atoms with Crippen LogP contribution in [0.2, 0.25) is 0 Å². The molecule has 0 amide bonds. The molecular weight excluding hydrogens is 191 g/mol. The fourth-order valence-electron chi connectivity index (χ4n) is 1.52. The third-order valence-electron chi connectivity index (χ3n) is 2.18. The molecule has 1 rings (SSSR count). The van der Waals surface area contributed by atoms with Crippen molar-refractivity contribution in [3.8, 4) is 0 Å². The Kier molecular flexibility index (Phi) is 3.30. The van der Waals surface area contributed by atoms with Gasteiger partial charge in [0.15, 0.2) is 0 Å². The zero-order valence-electron chi connectivity index (χ0n) is 8.96. The molecule has 0 aromatic carbocycles. The Hall–Kier alpha value is -1.58. The van der Waals surface area contributed by atoms with E-state index >= 15 is 0 Å². The van der Waals surface area contributed by atoms with E-state index in [0.29, 0.717) is 11.0 Å².